The molecule has 0 atom stereocenters. The number of hydrogen-bond acceptors (Lipinski definition) is 3. The van der Waals surface area contributed by atoms with E-state index in [0.29, 0.717) is 17.4 Å². The summed E-state index contributed by atoms with van der Waals surface area (Å²) >= 11 is 1.35. The van der Waals surface area contributed by atoms with Crippen LogP contribution in [-0.4, -0.2) is 10.7 Å². The van der Waals surface area contributed by atoms with E-state index in [0.717, 1.165) is 11.1 Å². The molecule has 1 heterocycles. The number of nitrogens with zero attached hydrogens (tertiary/aromatic N) is 1. The van der Waals surface area contributed by atoms with Crippen molar-refractivity contribution in [1.29, 1.82) is 0 Å². The number of fused-ring (bicyclic) bond motifs is 1. The molecule has 0 aliphatic heterocycles. The van der Waals surface area contributed by atoms with Crippen LogP contribution in [0.15, 0.2) is 45.6 Å². The molecule has 0 unspecified atom stereocenters. The molecular formula is C12H11F2NOS. The van der Waals surface area contributed by atoms with Gasteiger partial charge in [0, 0.05) is 5.75 Å². The lowest BCUT2D eigenvalue weighted by Crippen LogP contribution is -1.83. The van der Waals surface area contributed by atoms with Crippen LogP contribution in [0, 0.1) is 0 Å². The lowest BCUT2D eigenvalue weighted by Gasteiger charge is -1.96. The minimum absolute atomic E-state index is 0.119. The minimum Gasteiger partial charge on any atom is -0.431 e. The Morgan fingerprint density at radius 3 is 2.82 bits per heavy atom. The van der Waals surface area contributed by atoms with E-state index in [2.05, 4.69) is 4.98 Å². The van der Waals surface area contributed by atoms with Crippen molar-refractivity contribution in [2.45, 2.75) is 18.6 Å². The monoisotopic (exact) mass is 255 g/mol. The van der Waals surface area contributed by atoms with E-state index in [4.69, 9.17) is 4.42 Å². The van der Waals surface area contributed by atoms with Gasteiger partial charge in [-0.1, -0.05) is 23.9 Å². The summed E-state index contributed by atoms with van der Waals surface area (Å²) < 4.78 is 29.8. The molecule has 0 amide bonds. The molecular weight excluding hydrogens is 244 g/mol. The molecule has 1 aromatic heterocycles. The van der Waals surface area contributed by atoms with Crippen molar-refractivity contribution in [1.82, 2.24) is 4.98 Å². The van der Waals surface area contributed by atoms with E-state index in [-0.39, 0.29) is 5.57 Å². The number of aromatic nitrogens is 1. The fraction of sp³-hybridized carbons (Fsp3) is 0.250. The van der Waals surface area contributed by atoms with Gasteiger partial charge in [0.05, 0.1) is 0 Å². The Morgan fingerprint density at radius 1 is 1.35 bits per heavy atom. The quantitative estimate of drug-likeness (QED) is 0.753. The van der Waals surface area contributed by atoms with Gasteiger partial charge in [0.25, 0.3) is 11.3 Å². The summed E-state index contributed by atoms with van der Waals surface area (Å²) in [5.74, 6) is 0.538. The van der Waals surface area contributed by atoms with Gasteiger partial charge in [0.1, 0.15) is 5.52 Å². The molecule has 0 bridgehead atoms. The molecule has 17 heavy (non-hydrogen) atoms. The van der Waals surface area contributed by atoms with Crippen LogP contribution in [0.1, 0.15) is 13.3 Å². The number of benzene rings is 1. The summed E-state index contributed by atoms with van der Waals surface area (Å²) in [5.41, 5.74) is 1.63. The molecule has 2 aromatic rings. The Hall–Kier alpha value is -1.36. The van der Waals surface area contributed by atoms with Crippen LogP contribution < -0.4 is 0 Å². The predicted molar refractivity (Wildman–Crippen MR) is 64.3 cm³/mol. The number of oxazole rings is 1. The number of thioether (sulfide) groups is 1. The molecule has 2 rings (SSSR count). The van der Waals surface area contributed by atoms with Gasteiger partial charge in [0.2, 0.25) is 0 Å². The number of hydrogen-bond donors (Lipinski definition) is 0. The van der Waals surface area contributed by atoms with Gasteiger partial charge < -0.3 is 4.42 Å². The van der Waals surface area contributed by atoms with Crippen molar-refractivity contribution in [2.24, 2.45) is 0 Å². The SMILES string of the molecule is CC(CCSc1nc2ccccc2o1)=C(F)F. The second-order valence-electron chi connectivity index (χ2n) is 3.59. The first-order chi connectivity index (χ1) is 8.16. The highest BCUT2D eigenvalue weighted by molar-refractivity contribution is 7.99. The average molecular weight is 255 g/mol. The maximum absolute atomic E-state index is 12.2. The largest absolute Gasteiger partial charge is 0.431 e. The van der Waals surface area contributed by atoms with Crippen molar-refractivity contribution in [2.75, 3.05) is 5.75 Å². The minimum atomic E-state index is -1.59. The van der Waals surface area contributed by atoms with Gasteiger partial charge >= 0.3 is 0 Å². The van der Waals surface area contributed by atoms with Gasteiger partial charge in [-0.05, 0) is 31.1 Å². The fourth-order valence-corrected chi connectivity index (χ4v) is 2.19. The standard InChI is InChI=1S/C12H11F2NOS/c1-8(11(13)14)6-7-17-12-15-9-4-2-3-5-10(9)16-12/h2-5H,6-7H2,1H3. The molecule has 0 saturated heterocycles. The summed E-state index contributed by atoms with van der Waals surface area (Å²) in [6, 6.07) is 7.44. The van der Waals surface area contributed by atoms with Crippen LogP contribution in [0.5, 0.6) is 0 Å². The molecule has 0 N–H and O–H groups in total. The highest BCUT2D eigenvalue weighted by atomic mass is 32.2. The summed E-state index contributed by atoms with van der Waals surface area (Å²) in [7, 11) is 0. The highest BCUT2D eigenvalue weighted by Gasteiger charge is 2.06. The lowest BCUT2D eigenvalue weighted by molar-refractivity contribution is 0.409. The summed E-state index contributed by atoms with van der Waals surface area (Å²) in [5, 5.41) is 0.526. The van der Waals surface area contributed by atoms with Gasteiger partial charge in [0.15, 0.2) is 5.58 Å². The van der Waals surface area contributed by atoms with Crippen LogP contribution in [-0.2, 0) is 0 Å². The van der Waals surface area contributed by atoms with Crippen LogP contribution in [0.2, 0.25) is 0 Å². The number of allylic oxidation sites excluding steroid dienone is 1. The first-order valence-electron chi connectivity index (χ1n) is 5.16. The Labute approximate surface area is 102 Å². The van der Waals surface area contributed by atoms with Crippen LogP contribution in [0.3, 0.4) is 0 Å². The second kappa shape index (κ2) is 5.31. The summed E-state index contributed by atoms with van der Waals surface area (Å²) in [6.07, 6.45) is -1.26. The number of rotatable bonds is 4. The number of para-hydroxylation sites is 2. The van der Waals surface area contributed by atoms with Crippen molar-refractivity contribution in [3.05, 3.63) is 35.9 Å². The van der Waals surface area contributed by atoms with Gasteiger partial charge in [-0.25, -0.2) is 4.98 Å². The van der Waals surface area contributed by atoms with Gasteiger partial charge in [-0.3, -0.25) is 0 Å². The highest BCUT2D eigenvalue weighted by Crippen LogP contribution is 2.25. The van der Waals surface area contributed by atoms with E-state index in [1.54, 1.807) is 0 Å². The van der Waals surface area contributed by atoms with E-state index < -0.39 is 6.08 Å². The molecule has 0 fully saturated rings. The molecule has 5 heteroatoms. The molecule has 0 aliphatic rings. The molecule has 90 valence electrons. The topological polar surface area (TPSA) is 26.0 Å². The Balaban J connectivity index is 1.98. The normalized spacial score (nSPS) is 10.8. The Morgan fingerprint density at radius 2 is 2.12 bits per heavy atom. The molecule has 1 aromatic carbocycles. The summed E-state index contributed by atoms with van der Waals surface area (Å²) in [4.78, 5) is 4.25. The van der Waals surface area contributed by atoms with E-state index in [1.807, 2.05) is 24.3 Å². The Kier molecular flexibility index (Phi) is 3.78. The predicted octanol–water partition coefficient (Wildman–Crippen LogP) is 4.48. The zero-order valence-corrected chi connectivity index (χ0v) is 10.1. The van der Waals surface area contributed by atoms with E-state index in [1.165, 1.54) is 18.7 Å². The zero-order chi connectivity index (χ0) is 12.3. The maximum Gasteiger partial charge on any atom is 0.269 e. The van der Waals surface area contributed by atoms with Crippen LogP contribution >= 0.6 is 11.8 Å². The molecule has 0 radical (unpaired) electrons. The van der Waals surface area contributed by atoms with Gasteiger partial charge in [-0.15, -0.1) is 0 Å². The molecule has 0 spiro atoms. The first kappa shape index (κ1) is 12.1. The van der Waals surface area contributed by atoms with E-state index in [9.17, 15) is 8.78 Å². The maximum atomic E-state index is 12.2. The van der Waals surface area contributed by atoms with Crippen molar-refractivity contribution < 1.29 is 13.2 Å². The smallest absolute Gasteiger partial charge is 0.269 e. The van der Waals surface area contributed by atoms with Gasteiger partial charge in [-0.2, -0.15) is 8.78 Å². The number of halogens is 2. The lowest BCUT2D eigenvalue weighted by atomic mass is 10.3. The second-order valence-corrected chi connectivity index (χ2v) is 4.63. The fourth-order valence-electron chi connectivity index (χ4n) is 1.30. The third-order valence-corrected chi connectivity index (χ3v) is 3.13. The van der Waals surface area contributed by atoms with Crippen molar-refractivity contribution >= 4 is 22.9 Å². The van der Waals surface area contributed by atoms with Crippen LogP contribution in [0.25, 0.3) is 11.1 Å². The van der Waals surface area contributed by atoms with Crippen molar-refractivity contribution in [3.8, 4) is 0 Å². The molecule has 2 nitrogen and oxygen atoms in total. The third-order valence-electron chi connectivity index (χ3n) is 2.30. The Bertz CT molecular complexity index is 513. The molecule has 0 saturated carbocycles. The first-order valence-corrected chi connectivity index (χ1v) is 6.14. The van der Waals surface area contributed by atoms with Crippen molar-refractivity contribution in [3.63, 3.8) is 0 Å². The van der Waals surface area contributed by atoms with E-state index >= 15 is 0 Å². The zero-order valence-electron chi connectivity index (χ0n) is 9.24. The third kappa shape index (κ3) is 3.06. The summed E-state index contributed by atoms with van der Waals surface area (Å²) in [6.45, 7) is 1.43. The average Bonchev–Trinajstić information content (AvgIpc) is 2.71. The molecule has 0 aliphatic carbocycles. The van der Waals surface area contributed by atoms with Crippen LogP contribution in [0.4, 0.5) is 8.78 Å².